The van der Waals surface area contributed by atoms with Crippen molar-refractivity contribution in [3.8, 4) is 0 Å². The lowest BCUT2D eigenvalue weighted by Gasteiger charge is -2.42. The molecule has 2 atom stereocenters. The third-order valence-electron chi connectivity index (χ3n) is 5.99. The number of fused-ring (bicyclic) bond motifs is 1. The van der Waals surface area contributed by atoms with Gasteiger partial charge in [0.25, 0.3) is 5.91 Å². The zero-order chi connectivity index (χ0) is 23.4. The predicted octanol–water partition coefficient (Wildman–Crippen LogP) is 5.77. The highest BCUT2D eigenvalue weighted by molar-refractivity contribution is 7.98. The van der Waals surface area contributed by atoms with Crippen molar-refractivity contribution in [1.29, 1.82) is 0 Å². The fourth-order valence-electron chi connectivity index (χ4n) is 4.48. The van der Waals surface area contributed by atoms with Crippen LogP contribution in [0, 0.1) is 5.92 Å². The van der Waals surface area contributed by atoms with Crippen molar-refractivity contribution in [3.63, 3.8) is 0 Å². The number of benzene rings is 2. The predicted molar refractivity (Wildman–Crippen MR) is 137 cm³/mol. The quantitative estimate of drug-likeness (QED) is 0.419. The SMILES string of the molecule is CSc1ccc(CCNC(=O)C2c3ccccc3C(=O)N(CC(C)C)C2c2cccs2)cc1. The summed E-state index contributed by atoms with van der Waals surface area (Å²) in [6, 6.07) is 19.8. The van der Waals surface area contributed by atoms with Gasteiger partial charge in [0, 0.05) is 28.4 Å². The first-order chi connectivity index (χ1) is 16.0. The van der Waals surface area contributed by atoms with Crippen LogP contribution in [-0.2, 0) is 11.2 Å². The van der Waals surface area contributed by atoms with Crippen molar-refractivity contribution in [1.82, 2.24) is 10.2 Å². The Balaban J connectivity index is 1.61. The fourth-order valence-corrected chi connectivity index (χ4v) is 5.76. The second kappa shape index (κ2) is 10.6. The smallest absolute Gasteiger partial charge is 0.254 e. The lowest BCUT2D eigenvalue weighted by molar-refractivity contribution is -0.124. The van der Waals surface area contributed by atoms with Crippen LogP contribution in [0.1, 0.15) is 52.2 Å². The highest BCUT2D eigenvalue weighted by Gasteiger charge is 2.44. The van der Waals surface area contributed by atoms with E-state index >= 15 is 0 Å². The Kier molecular flexibility index (Phi) is 7.56. The van der Waals surface area contributed by atoms with Gasteiger partial charge in [0.2, 0.25) is 5.91 Å². The zero-order valence-corrected chi connectivity index (χ0v) is 20.9. The molecule has 0 saturated carbocycles. The topological polar surface area (TPSA) is 49.4 Å². The van der Waals surface area contributed by atoms with E-state index in [2.05, 4.69) is 49.7 Å². The monoisotopic (exact) mass is 478 g/mol. The molecular weight excluding hydrogens is 448 g/mol. The Morgan fingerprint density at radius 2 is 1.85 bits per heavy atom. The molecule has 2 aromatic carbocycles. The van der Waals surface area contributed by atoms with Crippen LogP contribution >= 0.6 is 23.1 Å². The molecule has 1 N–H and O–H groups in total. The lowest BCUT2D eigenvalue weighted by Crippen LogP contribution is -2.48. The van der Waals surface area contributed by atoms with Crippen molar-refractivity contribution in [2.45, 2.75) is 37.1 Å². The largest absolute Gasteiger partial charge is 0.355 e. The summed E-state index contributed by atoms with van der Waals surface area (Å²) < 4.78 is 0. The minimum absolute atomic E-state index is 0.00985. The Labute approximate surface area is 204 Å². The van der Waals surface area contributed by atoms with Crippen LogP contribution in [0.2, 0.25) is 0 Å². The standard InChI is InChI=1S/C27H30N2O2S2/c1-18(2)17-29-25(23-9-6-16-33-23)24(21-7-4-5-8-22(21)27(29)31)26(30)28-15-14-19-10-12-20(32-3)13-11-19/h4-13,16,18,24-25H,14-15,17H2,1-3H3,(H,28,30). The maximum Gasteiger partial charge on any atom is 0.254 e. The molecule has 4 rings (SSSR count). The van der Waals surface area contributed by atoms with Crippen LogP contribution < -0.4 is 5.32 Å². The molecule has 0 bridgehead atoms. The number of carbonyl (C=O) groups is 2. The molecule has 0 spiro atoms. The van der Waals surface area contributed by atoms with Crippen LogP contribution in [0.3, 0.4) is 0 Å². The van der Waals surface area contributed by atoms with Gasteiger partial charge in [0.1, 0.15) is 0 Å². The Hall–Kier alpha value is -2.57. The number of amides is 2. The molecule has 2 amide bonds. The Morgan fingerprint density at radius 3 is 2.52 bits per heavy atom. The van der Waals surface area contributed by atoms with Gasteiger partial charge in [-0.05, 0) is 59.4 Å². The van der Waals surface area contributed by atoms with Crippen molar-refractivity contribution >= 4 is 34.9 Å². The molecule has 3 aromatic rings. The number of carbonyl (C=O) groups excluding carboxylic acids is 2. The molecule has 33 heavy (non-hydrogen) atoms. The molecule has 0 saturated heterocycles. The number of thiophene rings is 1. The third-order valence-corrected chi connectivity index (χ3v) is 7.68. The van der Waals surface area contributed by atoms with E-state index in [0.717, 1.165) is 16.9 Å². The minimum atomic E-state index is -0.435. The van der Waals surface area contributed by atoms with Gasteiger partial charge in [0.15, 0.2) is 0 Å². The number of hydrogen-bond acceptors (Lipinski definition) is 4. The number of thioether (sulfide) groups is 1. The summed E-state index contributed by atoms with van der Waals surface area (Å²) in [5, 5.41) is 5.19. The van der Waals surface area contributed by atoms with E-state index in [1.54, 1.807) is 23.1 Å². The van der Waals surface area contributed by atoms with Gasteiger partial charge in [-0.1, -0.05) is 50.2 Å². The maximum atomic E-state index is 13.6. The first kappa shape index (κ1) is 23.6. The van der Waals surface area contributed by atoms with E-state index in [1.165, 1.54) is 10.5 Å². The molecule has 1 aromatic heterocycles. The summed E-state index contributed by atoms with van der Waals surface area (Å²) in [5.41, 5.74) is 2.66. The number of hydrogen-bond donors (Lipinski definition) is 1. The number of nitrogens with one attached hydrogen (secondary N) is 1. The Bertz CT molecular complexity index is 1090. The molecule has 172 valence electrons. The van der Waals surface area contributed by atoms with Crippen molar-refractivity contribution < 1.29 is 9.59 Å². The lowest BCUT2D eigenvalue weighted by atomic mass is 9.81. The molecule has 0 fully saturated rings. The highest BCUT2D eigenvalue weighted by atomic mass is 32.2. The summed E-state index contributed by atoms with van der Waals surface area (Å²) >= 11 is 3.33. The maximum absolute atomic E-state index is 13.6. The molecule has 0 radical (unpaired) electrons. The molecular formula is C27H30N2O2S2. The van der Waals surface area contributed by atoms with Gasteiger partial charge in [0.05, 0.1) is 12.0 Å². The van der Waals surface area contributed by atoms with Crippen LogP contribution in [-0.4, -0.2) is 36.1 Å². The second-order valence-electron chi connectivity index (χ2n) is 8.77. The first-order valence-corrected chi connectivity index (χ1v) is 13.4. The molecule has 1 aliphatic heterocycles. The second-order valence-corrected chi connectivity index (χ2v) is 10.6. The van der Waals surface area contributed by atoms with E-state index in [9.17, 15) is 9.59 Å². The molecule has 1 aliphatic rings. The first-order valence-electron chi connectivity index (χ1n) is 11.3. The van der Waals surface area contributed by atoms with E-state index < -0.39 is 5.92 Å². The number of rotatable bonds is 8. The Morgan fingerprint density at radius 1 is 1.09 bits per heavy atom. The van der Waals surface area contributed by atoms with Gasteiger partial charge in [-0.15, -0.1) is 23.1 Å². The summed E-state index contributed by atoms with van der Waals surface area (Å²) in [4.78, 5) is 31.3. The average molecular weight is 479 g/mol. The van der Waals surface area contributed by atoms with Gasteiger partial charge < -0.3 is 10.2 Å². The van der Waals surface area contributed by atoms with Crippen LogP contribution in [0.15, 0.2) is 70.9 Å². The van der Waals surface area contributed by atoms with Crippen LogP contribution in [0.5, 0.6) is 0 Å². The average Bonchev–Trinajstić information content (AvgIpc) is 3.35. The van der Waals surface area contributed by atoms with Crippen LogP contribution in [0.25, 0.3) is 0 Å². The third kappa shape index (κ3) is 5.17. The summed E-state index contributed by atoms with van der Waals surface area (Å²) in [7, 11) is 0. The van der Waals surface area contributed by atoms with Gasteiger partial charge in [-0.2, -0.15) is 0 Å². The van der Waals surface area contributed by atoms with E-state index in [-0.39, 0.29) is 17.9 Å². The summed E-state index contributed by atoms with van der Waals surface area (Å²) in [6.07, 6.45) is 2.83. The van der Waals surface area contributed by atoms with Gasteiger partial charge >= 0.3 is 0 Å². The molecule has 6 heteroatoms. The highest BCUT2D eigenvalue weighted by Crippen LogP contribution is 2.44. The normalized spacial score (nSPS) is 17.8. The number of nitrogens with zero attached hydrogens (tertiary/aromatic N) is 1. The van der Waals surface area contributed by atoms with Gasteiger partial charge in [-0.3, -0.25) is 9.59 Å². The van der Waals surface area contributed by atoms with E-state index in [0.29, 0.717) is 24.6 Å². The molecule has 4 nitrogen and oxygen atoms in total. The minimum Gasteiger partial charge on any atom is -0.355 e. The summed E-state index contributed by atoms with van der Waals surface area (Å²) in [6.45, 7) is 5.39. The molecule has 0 aliphatic carbocycles. The van der Waals surface area contributed by atoms with Crippen molar-refractivity contribution in [2.24, 2.45) is 5.92 Å². The van der Waals surface area contributed by atoms with Crippen LogP contribution in [0.4, 0.5) is 0 Å². The van der Waals surface area contributed by atoms with Crippen molar-refractivity contribution in [3.05, 3.63) is 87.6 Å². The van der Waals surface area contributed by atoms with E-state index in [4.69, 9.17) is 0 Å². The zero-order valence-electron chi connectivity index (χ0n) is 19.3. The summed E-state index contributed by atoms with van der Waals surface area (Å²) in [5.74, 6) is -0.150. The van der Waals surface area contributed by atoms with E-state index in [1.807, 2.05) is 46.7 Å². The van der Waals surface area contributed by atoms with Gasteiger partial charge in [-0.25, -0.2) is 0 Å². The fraction of sp³-hybridized carbons (Fsp3) is 0.333. The van der Waals surface area contributed by atoms with Crippen molar-refractivity contribution in [2.75, 3.05) is 19.3 Å². The molecule has 2 heterocycles. The molecule has 2 unspecified atom stereocenters.